The van der Waals surface area contributed by atoms with Crippen LogP contribution in [0.3, 0.4) is 0 Å². The third-order valence-electron chi connectivity index (χ3n) is 6.36. The Morgan fingerprint density at radius 1 is 0.962 bits per heavy atom. The molecule has 1 aromatic rings. The number of rotatable bonds is 6. The lowest BCUT2D eigenvalue weighted by atomic mass is 9.61. The molecule has 0 bridgehead atoms. The monoisotopic (exact) mass is 376 g/mol. The Morgan fingerprint density at radius 3 is 1.92 bits per heavy atom. The minimum atomic E-state index is -0.335. The van der Waals surface area contributed by atoms with Gasteiger partial charge >= 0.3 is 0 Å². The van der Waals surface area contributed by atoms with Gasteiger partial charge in [-0.15, -0.1) is 9.24 Å². The van der Waals surface area contributed by atoms with Gasteiger partial charge in [-0.3, -0.25) is 0 Å². The summed E-state index contributed by atoms with van der Waals surface area (Å²) in [4.78, 5) is 0. The van der Waals surface area contributed by atoms with E-state index in [2.05, 4.69) is 81.1 Å². The third kappa shape index (κ3) is 3.41. The quantitative estimate of drug-likeness (QED) is 0.582. The molecule has 0 aromatic heterocycles. The molecule has 0 heterocycles. The maximum Gasteiger partial charge on any atom is 0.108 e. The highest BCUT2D eigenvalue weighted by atomic mass is 31.0. The lowest BCUT2D eigenvalue weighted by Gasteiger charge is -2.55. The van der Waals surface area contributed by atoms with Gasteiger partial charge in [0, 0.05) is 19.4 Å². The van der Waals surface area contributed by atoms with Crippen molar-refractivity contribution in [2.75, 3.05) is 14.2 Å². The van der Waals surface area contributed by atoms with Crippen molar-refractivity contribution in [3.63, 3.8) is 0 Å². The predicted molar refractivity (Wildman–Crippen MR) is 115 cm³/mol. The van der Waals surface area contributed by atoms with Crippen molar-refractivity contribution in [3.05, 3.63) is 41.5 Å². The fraction of sp³-hybridized carbons (Fsp3) is 0.652. The Morgan fingerprint density at radius 2 is 1.54 bits per heavy atom. The van der Waals surface area contributed by atoms with Gasteiger partial charge in [0.25, 0.3) is 0 Å². The molecule has 2 rings (SSSR count). The summed E-state index contributed by atoms with van der Waals surface area (Å²) in [5, 5.41) is -0.0593. The summed E-state index contributed by atoms with van der Waals surface area (Å²) in [7, 11) is 6.90. The van der Waals surface area contributed by atoms with Crippen LogP contribution in [-0.2, 0) is 9.47 Å². The van der Waals surface area contributed by atoms with Gasteiger partial charge < -0.3 is 9.47 Å². The van der Waals surface area contributed by atoms with Crippen molar-refractivity contribution in [3.8, 4) is 0 Å². The van der Waals surface area contributed by atoms with Gasteiger partial charge in [-0.2, -0.15) is 0 Å². The molecule has 0 saturated heterocycles. The molecule has 0 aliphatic heterocycles. The molecule has 0 N–H and O–H groups in total. The molecule has 1 aliphatic carbocycles. The Bertz CT molecular complexity index is 635. The minimum absolute atomic E-state index is 0.0462. The fourth-order valence-corrected chi connectivity index (χ4v) is 5.33. The molecule has 4 atom stereocenters. The van der Waals surface area contributed by atoms with Crippen LogP contribution in [0.15, 0.2) is 35.9 Å². The van der Waals surface area contributed by atoms with Crippen molar-refractivity contribution < 1.29 is 9.47 Å². The predicted octanol–water partition coefficient (Wildman–Crippen LogP) is 5.83. The zero-order valence-electron chi connectivity index (χ0n) is 17.8. The van der Waals surface area contributed by atoms with E-state index >= 15 is 0 Å². The molecule has 4 unspecified atom stereocenters. The van der Waals surface area contributed by atoms with E-state index in [0.717, 1.165) is 6.42 Å². The number of benzene rings is 1. The van der Waals surface area contributed by atoms with E-state index in [4.69, 9.17) is 9.47 Å². The van der Waals surface area contributed by atoms with Gasteiger partial charge in [-0.25, -0.2) is 0 Å². The summed E-state index contributed by atoms with van der Waals surface area (Å²) in [6.07, 6.45) is 0.880. The van der Waals surface area contributed by atoms with E-state index in [1.807, 2.05) is 14.2 Å². The summed E-state index contributed by atoms with van der Waals surface area (Å²) < 4.78 is 12.4. The molecule has 0 radical (unpaired) electrons. The molecule has 0 fully saturated rings. The smallest absolute Gasteiger partial charge is 0.108 e. The standard InChI is InChI=1S/C23H37O2P/c1-15(2)19-20(18-12-10-9-11-13-18)23(26,17(5)6)14-22(25-8,16(3)4)21(19)24-7/h9-13,15-17,21H,14,26H2,1-8H3. The molecule has 3 heteroatoms. The number of ether oxygens (including phenoxy) is 2. The number of hydrogen-bond donors (Lipinski definition) is 0. The second-order valence-electron chi connectivity index (χ2n) is 8.65. The maximum absolute atomic E-state index is 6.28. The largest absolute Gasteiger partial charge is 0.375 e. The molecule has 1 aliphatic rings. The zero-order chi connectivity index (χ0) is 19.7. The first-order valence-corrected chi connectivity index (χ1v) is 10.4. The van der Waals surface area contributed by atoms with Crippen LogP contribution in [0.2, 0.25) is 0 Å². The van der Waals surface area contributed by atoms with Crippen LogP contribution in [0.4, 0.5) is 0 Å². The van der Waals surface area contributed by atoms with Gasteiger partial charge in [0.2, 0.25) is 0 Å². The molecule has 0 saturated carbocycles. The van der Waals surface area contributed by atoms with E-state index in [-0.39, 0.29) is 16.9 Å². The normalized spacial score (nSPS) is 29.9. The summed E-state index contributed by atoms with van der Waals surface area (Å²) in [5.41, 5.74) is 3.77. The number of methoxy groups -OCH3 is 2. The summed E-state index contributed by atoms with van der Waals surface area (Å²) in [5.74, 6) is 1.19. The molecule has 2 nitrogen and oxygen atoms in total. The zero-order valence-corrected chi connectivity index (χ0v) is 19.0. The first-order valence-electron chi connectivity index (χ1n) is 9.82. The Balaban J connectivity index is 2.90. The second kappa shape index (κ2) is 8.13. The van der Waals surface area contributed by atoms with Gasteiger partial charge in [0.1, 0.15) is 11.7 Å². The van der Waals surface area contributed by atoms with Crippen molar-refractivity contribution in [2.24, 2.45) is 17.8 Å². The summed E-state index contributed by atoms with van der Waals surface area (Å²) >= 11 is 0. The van der Waals surface area contributed by atoms with E-state index in [1.165, 1.54) is 16.7 Å². The topological polar surface area (TPSA) is 18.5 Å². The molecular weight excluding hydrogens is 339 g/mol. The fourth-order valence-electron chi connectivity index (χ4n) is 4.67. The van der Waals surface area contributed by atoms with Crippen molar-refractivity contribution in [1.29, 1.82) is 0 Å². The highest BCUT2D eigenvalue weighted by Gasteiger charge is 2.56. The first-order chi connectivity index (χ1) is 12.2. The Kier molecular flexibility index (Phi) is 6.76. The number of allylic oxidation sites excluding steroid dienone is 1. The molecule has 1 aromatic carbocycles. The lowest BCUT2D eigenvalue weighted by Crippen LogP contribution is -2.59. The van der Waals surface area contributed by atoms with Crippen molar-refractivity contribution in [2.45, 2.75) is 64.8 Å². The van der Waals surface area contributed by atoms with E-state index in [1.54, 1.807) is 0 Å². The SMILES string of the molecule is COC1C(C(C)C)=C(c2ccccc2)C(P)(C(C)C)CC1(OC)C(C)C. The summed E-state index contributed by atoms with van der Waals surface area (Å²) in [6, 6.07) is 10.8. The molecule has 146 valence electrons. The Labute approximate surface area is 162 Å². The first kappa shape index (κ1) is 21.6. The van der Waals surface area contributed by atoms with Gasteiger partial charge in [0.15, 0.2) is 0 Å². The van der Waals surface area contributed by atoms with Crippen LogP contribution < -0.4 is 0 Å². The van der Waals surface area contributed by atoms with Crippen LogP contribution in [0, 0.1) is 17.8 Å². The highest BCUT2D eigenvalue weighted by molar-refractivity contribution is 7.20. The van der Waals surface area contributed by atoms with E-state index in [0.29, 0.717) is 17.8 Å². The summed E-state index contributed by atoms with van der Waals surface area (Å²) in [6.45, 7) is 13.7. The average molecular weight is 377 g/mol. The third-order valence-corrected chi connectivity index (χ3v) is 7.52. The van der Waals surface area contributed by atoms with Crippen molar-refractivity contribution in [1.82, 2.24) is 0 Å². The highest BCUT2D eigenvalue weighted by Crippen LogP contribution is 2.57. The second-order valence-corrected chi connectivity index (χ2v) is 9.68. The Hall–Kier alpha value is -0.690. The van der Waals surface area contributed by atoms with E-state index in [9.17, 15) is 0 Å². The van der Waals surface area contributed by atoms with Crippen LogP contribution in [0.5, 0.6) is 0 Å². The van der Waals surface area contributed by atoms with Crippen LogP contribution in [0.25, 0.3) is 5.57 Å². The van der Waals surface area contributed by atoms with E-state index < -0.39 is 0 Å². The molecule has 0 spiro atoms. The minimum Gasteiger partial charge on any atom is -0.375 e. The maximum atomic E-state index is 6.28. The van der Waals surface area contributed by atoms with Crippen LogP contribution >= 0.6 is 9.24 Å². The molecule has 26 heavy (non-hydrogen) atoms. The van der Waals surface area contributed by atoms with Crippen LogP contribution in [-0.4, -0.2) is 31.1 Å². The molecular formula is C23H37O2P. The van der Waals surface area contributed by atoms with Gasteiger partial charge in [-0.1, -0.05) is 71.9 Å². The lowest BCUT2D eigenvalue weighted by molar-refractivity contribution is -0.144. The van der Waals surface area contributed by atoms with Gasteiger partial charge in [0.05, 0.1) is 0 Å². The van der Waals surface area contributed by atoms with Crippen LogP contribution in [0.1, 0.15) is 53.5 Å². The number of hydrogen-bond acceptors (Lipinski definition) is 2. The van der Waals surface area contributed by atoms with Crippen molar-refractivity contribution >= 4 is 14.8 Å². The average Bonchev–Trinajstić information content (AvgIpc) is 2.60. The van der Waals surface area contributed by atoms with Gasteiger partial charge in [-0.05, 0) is 40.9 Å². The molecule has 0 amide bonds.